The lowest BCUT2D eigenvalue weighted by molar-refractivity contribution is -0.121. The molecule has 0 bridgehead atoms. The first-order chi connectivity index (χ1) is 7.68. The van der Waals surface area contributed by atoms with Crippen LogP contribution in [-0.2, 0) is 20.3 Å². The molecular weight excluding hydrogens is 228 g/mol. The minimum absolute atomic E-state index is 0.00813. The first-order valence-corrected chi connectivity index (χ1v) is 7.29. The van der Waals surface area contributed by atoms with Crippen LogP contribution in [0.1, 0.15) is 12.8 Å². The van der Waals surface area contributed by atoms with Crippen molar-refractivity contribution in [1.82, 2.24) is 10.6 Å². The van der Waals surface area contributed by atoms with E-state index >= 15 is 0 Å². The Labute approximate surface area is 98.8 Å². The summed E-state index contributed by atoms with van der Waals surface area (Å²) in [7, 11) is -0.797. The Kier molecular flexibility index (Phi) is 6.59. The molecule has 1 rings (SSSR count). The molecule has 16 heavy (non-hydrogen) atoms. The first kappa shape index (κ1) is 13.6. The van der Waals surface area contributed by atoms with E-state index in [1.807, 2.05) is 0 Å². The van der Waals surface area contributed by atoms with Gasteiger partial charge in [-0.1, -0.05) is 0 Å². The summed E-state index contributed by atoms with van der Waals surface area (Å²) in [5, 5.41) is 5.92. The highest BCUT2D eigenvalue weighted by Gasteiger charge is 2.15. The highest BCUT2D eigenvalue weighted by molar-refractivity contribution is 7.84. The average Bonchev–Trinajstić information content (AvgIpc) is 2.25. The van der Waals surface area contributed by atoms with Crippen molar-refractivity contribution in [3.05, 3.63) is 0 Å². The highest BCUT2D eigenvalue weighted by Crippen LogP contribution is 2.05. The van der Waals surface area contributed by atoms with Gasteiger partial charge in [0.25, 0.3) is 0 Å². The molecule has 0 aromatic rings. The number of rotatable bonds is 6. The number of carbonyl (C=O) groups excluding carboxylic acids is 1. The third-order valence-corrected chi connectivity index (χ3v) is 3.22. The van der Waals surface area contributed by atoms with E-state index in [2.05, 4.69) is 10.6 Å². The number of hydrogen-bond acceptors (Lipinski definition) is 4. The molecule has 1 amide bonds. The summed E-state index contributed by atoms with van der Waals surface area (Å²) in [6.45, 7) is 2.37. The Bertz CT molecular complexity index is 242. The Morgan fingerprint density at radius 3 is 2.75 bits per heavy atom. The molecule has 0 aliphatic carbocycles. The average molecular weight is 248 g/mol. The van der Waals surface area contributed by atoms with E-state index in [-0.39, 0.29) is 11.9 Å². The number of ether oxygens (including phenoxy) is 1. The standard InChI is InChI=1S/C10H20N2O3S/c1-16(14)7-4-11-8-10(13)12-9-2-5-15-6-3-9/h9,11H,2-8H2,1H3,(H,12,13). The fourth-order valence-electron chi connectivity index (χ4n) is 1.54. The first-order valence-electron chi connectivity index (χ1n) is 5.56. The second-order valence-corrected chi connectivity index (χ2v) is 5.46. The molecule has 1 atom stereocenters. The predicted octanol–water partition coefficient (Wildman–Crippen LogP) is -0.750. The smallest absolute Gasteiger partial charge is 0.234 e. The zero-order valence-corrected chi connectivity index (χ0v) is 10.5. The Hall–Kier alpha value is -0.460. The minimum atomic E-state index is -0.797. The fourth-order valence-corrected chi connectivity index (χ4v) is 1.97. The molecule has 1 unspecified atom stereocenters. The summed E-state index contributed by atoms with van der Waals surface area (Å²) >= 11 is 0. The van der Waals surface area contributed by atoms with Crippen LogP contribution in [0.4, 0.5) is 0 Å². The van der Waals surface area contributed by atoms with Crippen LogP contribution in [0.5, 0.6) is 0 Å². The second-order valence-electron chi connectivity index (χ2n) is 3.91. The fraction of sp³-hybridized carbons (Fsp3) is 0.900. The van der Waals surface area contributed by atoms with Crippen LogP contribution in [0.15, 0.2) is 0 Å². The normalized spacial score (nSPS) is 19.3. The molecule has 1 saturated heterocycles. The van der Waals surface area contributed by atoms with E-state index in [0.29, 0.717) is 18.8 Å². The summed E-state index contributed by atoms with van der Waals surface area (Å²) in [5.74, 6) is 0.596. The molecule has 1 aliphatic rings. The van der Waals surface area contributed by atoms with Crippen molar-refractivity contribution in [2.75, 3.05) is 38.3 Å². The molecule has 0 saturated carbocycles. The SMILES string of the molecule is CS(=O)CCNCC(=O)NC1CCOCC1. The molecule has 6 heteroatoms. The topological polar surface area (TPSA) is 67.4 Å². The summed E-state index contributed by atoms with van der Waals surface area (Å²) in [6, 6.07) is 0.253. The quantitative estimate of drug-likeness (QED) is 0.607. The van der Waals surface area contributed by atoms with Gasteiger partial charge in [-0.05, 0) is 12.8 Å². The lowest BCUT2D eigenvalue weighted by Crippen LogP contribution is -2.43. The molecule has 0 radical (unpaired) electrons. The maximum absolute atomic E-state index is 11.5. The summed E-state index contributed by atoms with van der Waals surface area (Å²) in [4.78, 5) is 11.5. The Morgan fingerprint density at radius 2 is 2.12 bits per heavy atom. The molecule has 1 fully saturated rings. The van der Waals surface area contributed by atoms with Gasteiger partial charge in [0.15, 0.2) is 0 Å². The molecular formula is C10H20N2O3S. The molecule has 0 aromatic carbocycles. The van der Waals surface area contributed by atoms with Gasteiger partial charge in [0, 0.05) is 48.6 Å². The van der Waals surface area contributed by atoms with Crippen molar-refractivity contribution in [1.29, 1.82) is 0 Å². The predicted molar refractivity (Wildman–Crippen MR) is 63.8 cm³/mol. The monoisotopic (exact) mass is 248 g/mol. The number of hydrogen-bond donors (Lipinski definition) is 2. The molecule has 1 heterocycles. The number of nitrogens with one attached hydrogen (secondary N) is 2. The van der Waals surface area contributed by atoms with E-state index in [1.165, 1.54) is 0 Å². The summed E-state index contributed by atoms with van der Waals surface area (Å²) in [6.07, 6.45) is 3.44. The second kappa shape index (κ2) is 7.76. The molecule has 94 valence electrons. The van der Waals surface area contributed by atoms with Crippen molar-refractivity contribution < 1.29 is 13.7 Å². The van der Waals surface area contributed by atoms with Gasteiger partial charge in [-0.25, -0.2) is 0 Å². The zero-order chi connectivity index (χ0) is 11.8. The van der Waals surface area contributed by atoms with Gasteiger partial charge >= 0.3 is 0 Å². The largest absolute Gasteiger partial charge is 0.381 e. The van der Waals surface area contributed by atoms with Gasteiger partial charge in [0.2, 0.25) is 5.91 Å². The van der Waals surface area contributed by atoms with E-state index in [9.17, 15) is 9.00 Å². The third kappa shape index (κ3) is 6.19. The van der Waals surface area contributed by atoms with Crippen LogP contribution < -0.4 is 10.6 Å². The van der Waals surface area contributed by atoms with Gasteiger partial charge in [-0.2, -0.15) is 0 Å². The van der Waals surface area contributed by atoms with E-state index in [0.717, 1.165) is 26.1 Å². The zero-order valence-electron chi connectivity index (χ0n) is 9.66. The molecule has 0 aromatic heterocycles. The maximum atomic E-state index is 11.5. The van der Waals surface area contributed by atoms with Crippen molar-refractivity contribution in [2.45, 2.75) is 18.9 Å². The van der Waals surface area contributed by atoms with Gasteiger partial charge in [-0.15, -0.1) is 0 Å². The molecule has 0 spiro atoms. The Morgan fingerprint density at radius 1 is 1.44 bits per heavy atom. The number of amides is 1. The van der Waals surface area contributed by atoms with Gasteiger partial charge in [0.1, 0.15) is 0 Å². The van der Waals surface area contributed by atoms with Crippen molar-refractivity contribution >= 4 is 16.7 Å². The maximum Gasteiger partial charge on any atom is 0.234 e. The lowest BCUT2D eigenvalue weighted by atomic mass is 10.1. The van der Waals surface area contributed by atoms with Crippen LogP contribution in [0.2, 0.25) is 0 Å². The third-order valence-electron chi connectivity index (χ3n) is 2.44. The van der Waals surface area contributed by atoms with E-state index in [4.69, 9.17) is 4.74 Å². The molecule has 2 N–H and O–H groups in total. The van der Waals surface area contributed by atoms with Crippen LogP contribution in [-0.4, -0.2) is 54.5 Å². The summed E-state index contributed by atoms with van der Waals surface area (Å²) < 4.78 is 16.0. The van der Waals surface area contributed by atoms with Crippen molar-refractivity contribution in [3.8, 4) is 0 Å². The Balaban J connectivity index is 2.03. The minimum Gasteiger partial charge on any atom is -0.381 e. The van der Waals surface area contributed by atoms with Crippen LogP contribution in [0.25, 0.3) is 0 Å². The molecule has 5 nitrogen and oxygen atoms in total. The van der Waals surface area contributed by atoms with Crippen molar-refractivity contribution in [2.24, 2.45) is 0 Å². The van der Waals surface area contributed by atoms with Crippen molar-refractivity contribution in [3.63, 3.8) is 0 Å². The summed E-state index contributed by atoms with van der Waals surface area (Å²) in [5.41, 5.74) is 0. The number of carbonyl (C=O) groups is 1. The lowest BCUT2D eigenvalue weighted by Gasteiger charge is -2.23. The van der Waals surface area contributed by atoms with Crippen LogP contribution in [0, 0.1) is 0 Å². The van der Waals surface area contributed by atoms with Crippen LogP contribution >= 0.6 is 0 Å². The molecule has 1 aliphatic heterocycles. The van der Waals surface area contributed by atoms with Crippen LogP contribution in [0.3, 0.4) is 0 Å². The highest BCUT2D eigenvalue weighted by atomic mass is 32.2. The van der Waals surface area contributed by atoms with E-state index < -0.39 is 10.8 Å². The van der Waals surface area contributed by atoms with Gasteiger partial charge < -0.3 is 15.4 Å². The van der Waals surface area contributed by atoms with Gasteiger partial charge in [-0.3, -0.25) is 9.00 Å². The van der Waals surface area contributed by atoms with E-state index in [1.54, 1.807) is 6.26 Å². The van der Waals surface area contributed by atoms with Gasteiger partial charge in [0.05, 0.1) is 6.54 Å².